The number of rotatable bonds is 3. The van der Waals surface area contributed by atoms with E-state index in [1.165, 1.54) is 5.56 Å². The molecule has 0 spiro atoms. The van der Waals surface area contributed by atoms with Gasteiger partial charge in [0, 0.05) is 17.7 Å². The van der Waals surface area contributed by atoms with E-state index in [1.54, 1.807) is 7.11 Å². The van der Waals surface area contributed by atoms with E-state index >= 15 is 0 Å². The van der Waals surface area contributed by atoms with Gasteiger partial charge in [0.2, 0.25) is 0 Å². The molecular formula is C20H22N2O2S. The number of ether oxygens (including phenoxy) is 2. The van der Waals surface area contributed by atoms with Crippen molar-refractivity contribution in [2.75, 3.05) is 12.0 Å². The number of fused-ring (bicyclic) bond motifs is 4. The molecule has 1 fully saturated rings. The molecule has 0 aliphatic carbocycles. The molecule has 25 heavy (non-hydrogen) atoms. The molecule has 0 amide bonds. The number of nitrogens with zero attached hydrogens (tertiary/aromatic N) is 1. The SMILES string of the molecule is CCc1cccc(N2C(=S)N[C@H]3C[C@@]2(C)Oc2c(OC)cccc23)c1. The highest BCUT2D eigenvalue weighted by Crippen LogP contribution is 2.49. The summed E-state index contributed by atoms with van der Waals surface area (Å²) in [5.74, 6) is 1.56. The Morgan fingerprint density at radius 2 is 2.12 bits per heavy atom. The molecule has 2 bridgehead atoms. The molecule has 1 saturated heterocycles. The number of aryl methyl sites for hydroxylation is 1. The van der Waals surface area contributed by atoms with E-state index in [0.29, 0.717) is 5.11 Å². The van der Waals surface area contributed by atoms with Crippen molar-refractivity contribution in [2.45, 2.75) is 38.5 Å². The first kappa shape index (κ1) is 16.2. The molecule has 2 heterocycles. The zero-order chi connectivity index (χ0) is 17.6. The number of para-hydroxylation sites is 1. The Balaban J connectivity index is 1.81. The average molecular weight is 354 g/mol. The van der Waals surface area contributed by atoms with Gasteiger partial charge in [0.25, 0.3) is 0 Å². The molecule has 2 aliphatic heterocycles. The van der Waals surface area contributed by atoms with Crippen LogP contribution < -0.4 is 19.7 Å². The van der Waals surface area contributed by atoms with Gasteiger partial charge in [-0.25, -0.2) is 0 Å². The number of methoxy groups -OCH3 is 1. The minimum atomic E-state index is -0.555. The van der Waals surface area contributed by atoms with Crippen LogP contribution in [0.1, 0.15) is 37.4 Å². The molecule has 2 aromatic carbocycles. The Morgan fingerprint density at radius 1 is 1.32 bits per heavy atom. The first-order valence-corrected chi connectivity index (χ1v) is 9.02. The van der Waals surface area contributed by atoms with Crippen molar-refractivity contribution in [3.8, 4) is 11.5 Å². The van der Waals surface area contributed by atoms with Crippen LogP contribution >= 0.6 is 12.2 Å². The van der Waals surface area contributed by atoms with Gasteiger partial charge in [0.15, 0.2) is 22.3 Å². The van der Waals surface area contributed by atoms with Crippen molar-refractivity contribution >= 4 is 23.0 Å². The first-order valence-electron chi connectivity index (χ1n) is 8.61. The van der Waals surface area contributed by atoms with Gasteiger partial charge in [0.05, 0.1) is 13.2 Å². The largest absolute Gasteiger partial charge is 0.493 e. The molecule has 2 aliphatic rings. The fourth-order valence-electron chi connectivity index (χ4n) is 3.83. The van der Waals surface area contributed by atoms with Crippen molar-refractivity contribution in [1.82, 2.24) is 5.32 Å². The zero-order valence-electron chi connectivity index (χ0n) is 14.7. The molecule has 2 aromatic rings. The van der Waals surface area contributed by atoms with E-state index in [1.807, 2.05) is 12.1 Å². The molecule has 5 heteroatoms. The maximum absolute atomic E-state index is 6.50. The zero-order valence-corrected chi connectivity index (χ0v) is 15.5. The summed E-state index contributed by atoms with van der Waals surface area (Å²) in [5.41, 5.74) is 2.87. The molecule has 130 valence electrons. The molecule has 0 aromatic heterocycles. The molecular weight excluding hydrogens is 332 g/mol. The van der Waals surface area contributed by atoms with E-state index in [0.717, 1.165) is 35.6 Å². The van der Waals surface area contributed by atoms with Crippen LogP contribution in [-0.4, -0.2) is 17.9 Å². The lowest BCUT2D eigenvalue weighted by atomic mass is 9.90. The number of hydrogen-bond donors (Lipinski definition) is 1. The molecule has 0 saturated carbocycles. The second kappa shape index (κ2) is 5.92. The van der Waals surface area contributed by atoms with Gasteiger partial charge in [-0.15, -0.1) is 0 Å². The Morgan fingerprint density at radius 3 is 2.88 bits per heavy atom. The molecule has 1 N–H and O–H groups in total. The molecule has 0 radical (unpaired) electrons. The van der Waals surface area contributed by atoms with Crippen molar-refractivity contribution in [3.63, 3.8) is 0 Å². The highest BCUT2D eigenvalue weighted by atomic mass is 32.1. The number of anilines is 1. The van der Waals surface area contributed by atoms with Gasteiger partial charge in [-0.3, -0.25) is 4.90 Å². The van der Waals surface area contributed by atoms with E-state index in [4.69, 9.17) is 21.7 Å². The van der Waals surface area contributed by atoms with E-state index in [2.05, 4.69) is 54.4 Å². The van der Waals surface area contributed by atoms with Crippen LogP contribution in [0.2, 0.25) is 0 Å². The van der Waals surface area contributed by atoms with Crippen LogP contribution in [0.5, 0.6) is 11.5 Å². The lowest BCUT2D eigenvalue weighted by molar-refractivity contribution is 0.0464. The fraction of sp³-hybridized carbons (Fsp3) is 0.350. The molecule has 4 rings (SSSR count). The quantitative estimate of drug-likeness (QED) is 0.836. The highest BCUT2D eigenvalue weighted by molar-refractivity contribution is 7.80. The van der Waals surface area contributed by atoms with Gasteiger partial charge in [-0.05, 0) is 49.3 Å². The lowest BCUT2D eigenvalue weighted by Gasteiger charge is -2.52. The third-order valence-electron chi connectivity index (χ3n) is 5.06. The minimum absolute atomic E-state index is 0.127. The van der Waals surface area contributed by atoms with Gasteiger partial charge in [-0.1, -0.05) is 31.2 Å². The van der Waals surface area contributed by atoms with E-state index < -0.39 is 5.72 Å². The molecule has 2 atom stereocenters. The molecule has 4 nitrogen and oxygen atoms in total. The predicted octanol–water partition coefficient (Wildman–Crippen LogP) is 4.19. The van der Waals surface area contributed by atoms with Gasteiger partial charge in [-0.2, -0.15) is 0 Å². The second-order valence-corrected chi connectivity index (χ2v) is 7.11. The second-order valence-electron chi connectivity index (χ2n) is 6.72. The normalized spacial score (nSPS) is 24.2. The third-order valence-corrected chi connectivity index (χ3v) is 5.36. The summed E-state index contributed by atoms with van der Waals surface area (Å²) in [6.45, 7) is 4.25. The summed E-state index contributed by atoms with van der Waals surface area (Å²) < 4.78 is 12.0. The topological polar surface area (TPSA) is 33.7 Å². The maximum Gasteiger partial charge on any atom is 0.188 e. The van der Waals surface area contributed by atoms with Gasteiger partial charge >= 0.3 is 0 Å². The molecule has 0 unspecified atom stereocenters. The van der Waals surface area contributed by atoms with Crippen LogP contribution in [0.15, 0.2) is 42.5 Å². The van der Waals surface area contributed by atoms with Crippen LogP contribution in [0.25, 0.3) is 0 Å². The number of benzene rings is 2. The average Bonchev–Trinajstić information content (AvgIpc) is 2.60. The highest BCUT2D eigenvalue weighted by Gasteiger charge is 2.49. The number of hydrogen-bond acceptors (Lipinski definition) is 3. The Bertz CT molecular complexity index is 838. The van der Waals surface area contributed by atoms with Crippen LogP contribution in [-0.2, 0) is 6.42 Å². The standard InChI is InChI=1S/C20H22N2O2S/c1-4-13-7-5-8-14(11-13)22-19(25)21-16-12-20(22,2)24-18-15(16)9-6-10-17(18)23-3/h5-11,16H,4,12H2,1-3H3,(H,21,25)/t16-,20+/m0/s1. The monoisotopic (exact) mass is 354 g/mol. The minimum Gasteiger partial charge on any atom is -0.493 e. The Kier molecular flexibility index (Phi) is 3.84. The van der Waals surface area contributed by atoms with E-state index in [-0.39, 0.29) is 6.04 Å². The van der Waals surface area contributed by atoms with Crippen LogP contribution in [0, 0.1) is 0 Å². The first-order chi connectivity index (χ1) is 12.1. The third kappa shape index (κ3) is 2.54. The summed E-state index contributed by atoms with van der Waals surface area (Å²) >= 11 is 5.71. The van der Waals surface area contributed by atoms with Crippen molar-refractivity contribution < 1.29 is 9.47 Å². The van der Waals surface area contributed by atoms with Gasteiger partial charge < -0.3 is 14.8 Å². The summed E-state index contributed by atoms with van der Waals surface area (Å²) in [4.78, 5) is 2.09. The Labute approximate surface area is 153 Å². The smallest absolute Gasteiger partial charge is 0.188 e. The Hall–Kier alpha value is -2.27. The van der Waals surface area contributed by atoms with E-state index in [9.17, 15) is 0 Å². The maximum atomic E-state index is 6.50. The predicted molar refractivity (Wildman–Crippen MR) is 103 cm³/mol. The van der Waals surface area contributed by atoms with Crippen molar-refractivity contribution in [2.24, 2.45) is 0 Å². The fourth-order valence-corrected chi connectivity index (χ4v) is 4.27. The summed E-state index contributed by atoms with van der Waals surface area (Å²) in [7, 11) is 1.67. The summed E-state index contributed by atoms with van der Waals surface area (Å²) in [5, 5.41) is 4.18. The van der Waals surface area contributed by atoms with Crippen LogP contribution in [0.3, 0.4) is 0 Å². The summed E-state index contributed by atoms with van der Waals surface area (Å²) in [6, 6.07) is 14.6. The van der Waals surface area contributed by atoms with Crippen molar-refractivity contribution in [1.29, 1.82) is 0 Å². The number of thiocarbonyl (C=S) groups is 1. The van der Waals surface area contributed by atoms with Crippen molar-refractivity contribution in [3.05, 3.63) is 53.6 Å². The summed E-state index contributed by atoms with van der Waals surface area (Å²) in [6.07, 6.45) is 1.79. The van der Waals surface area contributed by atoms with Crippen LogP contribution in [0.4, 0.5) is 5.69 Å². The lowest BCUT2D eigenvalue weighted by Crippen LogP contribution is -2.65. The van der Waals surface area contributed by atoms with Gasteiger partial charge in [0.1, 0.15) is 0 Å². The number of nitrogens with one attached hydrogen (secondary N) is 1.